The van der Waals surface area contributed by atoms with Crippen LogP contribution >= 0.6 is 0 Å². The molecular weight excluding hydrogens is 486 g/mol. The molecule has 2 saturated carbocycles. The number of fused-ring (bicyclic) bond motifs is 2. The molecule has 0 radical (unpaired) electrons. The summed E-state index contributed by atoms with van der Waals surface area (Å²) >= 11 is 0. The van der Waals surface area contributed by atoms with Crippen molar-refractivity contribution in [2.75, 3.05) is 6.54 Å². The maximum absolute atomic E-state index is 11.4. The number of nitrogens with one attached hydrogen (secondary N) is 2. The van der Waals surface area contributed by atoms with Crippen LogP contribution in [0.2, 0.25) is 0 Å². The zero-order valence-corrected chi connectivity index (χ0v) is 24.4. The van der Waals surface area contributed by atoms with Crippen molar-refractivity contribution in [1.29, 1.82) is 0 Å². The van der Waals surface area contributed by atoms with Gasteiger partial charge in [-0.2, -0.15) is 13.1 Å². The molecule has 212 valence electrons. The summed E-state index contributed by atoms with van der Waals surface area (Å²) in [4.78, 5) is 0. The molecule has 0 aromatic rings. The van der Waals surface area contributed by atoms with E-state index in [2.05, 4.69) is 50.7 Å². The monoisotopic (exact) mass is 537 g/mol. The van der Waals surface area contributed by atoms with E-state index in [9.17, 15) is 13.0 Å². The lowest BCUT2D eigenvalue weighted by molar-refractivity contribution is -0.131. The second-order valence-corrected chi connectivity index (χ2v) is 15.2. The summed E-state index contributed by atoms with van der Waals surface area (Å²) < 4.78 is 41.7. The fraction of sp³-hybridized carbons (Fsp3) is 0.931. The average Bonchev–Trinajstić information content (AvgIpc) is 2.89. The molecule has 2 saturated heterocycles. The Balaban J connectivity index is 1.33. The fourth-order valence-corrected chi connectivity index (χ4v) is 10.7. The quantitative estimate of drug-likeness (QED) is 0.303. The number of allylic oxidation sites excluding steroid dienone is 1. The van der Waals surface area contributed by atoms with Crippen LogP contribution in [0.1, 0.15) is 98.8 Å². The van der Waals surface area contributed by atoms with Crippen LogP contribution in [-0.2, 0) is 15.0 Å². The Bertz CT molecular complexity index is 1000. The molecule has 0 amide bonds. The van der Waals surface area contributed by atoms with E-state index < -0.39 is 16.0 Å². The summed E-state index contributed by atoms with van der Waals surface area (Å²) in [5.41, 5.74) is 7.86. The highest BCUT2D eigenvalue weighted by atomic mass is 32.2. The first-order chi connectivity index (χ1) is 17.3. The minimum absolute atomic E-state index is 0.147. The second-order valence-electron chi connectivity index (χ2n) is 14.0. The normalized spacial score (nSPS) is 50.7. The van der Waals surface area contributed by atoms with Crippen LogP contribution in [0.25, 0.3) is 0 Å². The molecule has 3 aliphatic carbocycles. The number of hydrogen-bond donors (Lipinski definition) is 4. The van der Waals surface area contributed by atoms with Crippen molar-refractivity contribution in [3.8, 4) is 0 Å². The van der Waals surface area contributed by atoms with Crippen molar-refractivity contribution in [3.63, 3.8) is 0 Å². The molecule has 37 heavy (non-hydrogen) atoms. The van der Waals surface area contributed by atoms with Gasteiger partial charge in [0.15, 0.2) is 0 Å². The maximum Gasteiger partial charge on any atom is 0.333 e. The van der Waals surface area contributed by atoms with Gasteiger partial charge in [-0.3, -0.25) is 4.55 Å². The van der Waals surface area contributed by atoms with Gasteiger partial charge in [-0.15, -0.1) is 0 Å². The smallest absolute Gasteiger partial charge is 0.333 e. The molecule has 5 rings (SSSR count). The van der Waals surface area contributed by atoms with Gasteiger partial charge in [0.2, 0.25) is 0 Å². The molecule has 0 aromatic heterocycles. The molecule has 5 aliphatic rings. The average molecular weight is 538 g/mol. The molecule has 1 spiro atoms. The summed E-state index contributed by atoms with van der Waals surface area (Å²) in [6.07, 6.45) is 12.8. The minimum Gasteiger partial charge on any atom is -0.352 e. The summed E-state index contributed by atoms with van der Waals surface area (Å²) in [6, 6.07) is 0.0729. The Morgan fingerprint density at radius 2 is 1.97 bits per heavy atom. The number of ether oxygens (including phenoxy) is 1. The molecule has 11 atom stereocenters. The molecule has 4 fully saturated rings. The lowest BCUT2D eigenvalue weighted by Gasteiger charge is -2.56. The van der Waals surface area contributed by atoms with E-state index in [1.54, 1.807) is 0 Å². The van der Waals surface area contributed by atoms with Gasteiger partial charge in [0.1, 0.15) is 5.72 Å². The molecule has 0 aromatic carbocycles. The van der Waals surface area contributed by atoms with E-state index in [1.807, 2.05) is 0 Å². The van der Waals surface area contributed by atoms with Crippen LogP contribution in [0, 0.1) is 40.9 Å². The topological polar surface area (TPSA) is 114 Å². The highest BCUT2D eigenvalue weighted by Gasteiger charge is 2.61. The van der Waals surface area contributed by atoms with Crippen LogP contribution in [0.15, 0.2) is 11.6 Å². The van der Waals surface area contributed by atoms with Crippen LogP contribution in [0.3, 0.4) is 0 Å². The third-order valence-corrected chi connectivity index (χ3v) is 12.3. The van der Waals surface area contributed by atoms with Gasteiger partial charge in [-0.25, -0.2) is 0 Å². The van der Waals surface area contributed by atoms with Crippen molar-refractivity contribution in [2.24, 2.45) is 46.7 Å². The standard InChI is InChI=1S/C29H51N3O4S/c1-6-25-24(8-7-22-14-23(32-37(33,34)35)10-11-27(22,25)5)21-9-12-28(15-18(2)13-21)20(4)26-29(30,36-28)16-19(3)17-31-26/h13,19-26,31-32H,6-12,14-17,30H2,1-5H3,(H,33,34,35)/t19-,20+,21+,22+,23?,24-,25-,26-,27-,28-,29+/m0/s1. The van der Waals surface area contributed by atoms with Crippen LogP contribution < -0.4 is 15.8 Å². The second kappa shape index (κ2) is 9.84. The molecular formula is C29H51N3O4S. The fourth-order valence-electron chi connectivity index (χ4n) is 10.1. The summed E-state index contributed by atoms with van der Waals surface area (Å²) in [5.74, 6) is 3.22. The summed E-state index contributed by atoms with van der Waals surface area (Å²) in [5, 5.41) is 3.74. The van der Waals surface area contributed by atoms with Crippen molar-refractivity contribution < 1.29 is 17.7 Å². The Morgan fingerprint density at radius 1 is 1.22 bits per heavy atom. The van der Waals surface area contributed by atoms with E-state index in [4.69, 9.17) is 10.5 Å². The SMILES string of the molecule is CC[C@H]1[C@H]([C@H]2C=C(C)C[C@]3(CC2)O[C@]2(N)C[C@H](C)CN[C@H]2[C@H]3C)CC[C@@H]2CC(NS(=O)(=O)O)CC[C@@]21C. The van der Waals surface area contributed by atoms with Crippen LogP contribution in [-0.4, -0.2) is 42.9 Å². The zero-order valence-electron chi connectivity index (χ0n) is 23.6. The van der Waals surface area contributed by atoms with Gasteiger partial charge < -0.3 is 15.8 Å². The van der Waals surface area contributed by atoms with Gasteiger partial charge in [-0.05, 0) is 106 Å². The van der Waals surface area contributed by atoms with E-state index >= 15 is 0 Å². The molecule has 2 heterocycles. The number of hydrogen-bond acceptors (Lipinski definition) is 5. The molecule has 0 bridgehead atoms. The van der Waals surface area contributed by atoms with Gasteiger partial charge in [0.25, 0.3) is 0 Å². The van der Waals surface area contributed by atoms with Crippen molar-refractivity contribution in [1.82, 2.24) is 10.0 Å². The first kappa shape index (κ1) is 28.0. The van der Waals surface area contributed by atoms with Crippen molar-refractivity contribution >= 4 is 10.3 Å². The first-order valence-electron chi connectivity index (χ1n) is 14.9. The number of piperidine rings is 1. The molecule has 5 N–H and O–H groups in total. The van der Waals surface area contributed by atoms with E-state index in [1.165, 1.54) is 12.0 Å². The van der Waals surface area contributed by atoms with Gasteiger partial charge in [0.05, 0.1) is 11.6 Å². The zero-order chi connectivity index (χ0) is 26.8. The van der Waals surface area contributed by atoms with Gasteiger partial charge in [-0.1, -0.05) is 45.8 Å². The maximum atomic E-state index is 11.4. The van der Waals surface area contributed by atoms with E-state index in [0.717, 1.165) is 64.3 Å². The predicted molar refractivity (Wildman–Crippen MR) is 147 cm³/mol. The first-order valence-corrected chi connectivity index (χ1v) is 16.4. The molecule has 8 heteroatoms. The lowest BCUT2D eigenvalue weighted by atomic mass is 9.49. The van der Waals surface area contributed by atoms with Crippen molar-refractivity contribution in [3.05, 3.63) is 11.6 Å². The number of rotatable bonds is 4. The molecule has 7 nitrogen and oxygen atoms in total. The Kier molecular flexibility index (Phi) is 7.46. The van der Waals surface area contributed by atoms with Crippen LogP contribution in [0.4, 0.5) is 0 Å². The Labute approximate surface area is 225 Å². The number of nitrogens with two attached hydrogens (primary N) is 1. The van der Waals surface area contributed by atoms with Gasteiger partial charge >= 0.3 is 10.3 Å². The molecule has 2 aliphatic heterocycles. The van der Waals surface area contributed by atoms with Crippen LogP contribution in [0.5, 0.6) is 0 Å². The lowest BCUT2D eigenvalue weighted by Crippen LogP contribution is -2.61. The largest absolute Gasteiger partial charge is 0.352 e. The molecule has 1 unspecified atom stereocenters. The minimum atomic E-state index is -4.15. The van der Waals surface area contributed by atoms with E-state index in [-0.39, 0.29) is 23.1 Å². The Hall–Kier alpha value is -0.510. The van der Waals surface area contributed by atoms with Gasteiger partial charge in [0, 0.05) is 12.0 Å². The van der Waals surface area contributed by atoms with E-state index in [0.29, 0.717) is 35.5 Å². The highest BCUT2D eigenvalue weighted by Crippen LogP contribution is 2.59. The summed E-state index contributed by atoms with van der Waals surface area (Å²) in [6.45, 7) is 12.8. The Morgan fingerprint density at radius 3 is 2.68 bits per heavy atom. The predicted octanol–water partition coefficient (Wildman–Crippen LogP) is 4.79. The third-order valence-electron chi connectivity index (χ3n) is 11.6. The third kappa shape index (κ3) is 5.08. The highest BCUT2D eigenvalue weighted by molar-refractivity contribution is 7.83. The van der Waals surface area contributed by atoms with Crippen molar-refractivity contribution in [2.45, 2.75) is 122 Å². The summed E-state index contributed by atoms with van der Waals surface area (Å²) in [7, 11) is -4.15.